The zero-order valence-corrected chi connectivity index (χ0v) is 17.9. The van der Waals surface area contributed by atoms with Gasteiger partial charge in [-0.05, 0) is 49.8 Å². The standard InChI is InChI=1S/C18H27NO3.C6H14/c19-18(20)14-15-8-10-17(11-9-15)22-13-12-21-16-6-4-2-1-3-5-7-16;1-3-5-6-4-2/h1-2,8-11,16,18,20H,3-7,12-14,19H2;3-6H2,1-2H3/b2-1+;. The molecule has 4 heteroatoms. The molecule has 28 heavy (non-hydrogen) atoms. The third kappa shape index (κ3) is 12.9. The Morgan fingerprint density at radius 1 is 1.00 bits per heavy atom. The summed E-state index contributed by atoms with van der Waals surface area (Å²) in [6.45, 7) is 5.65. The van der Waals surface area contributed by atoms with Gasteiger partial charge in [0.2, 0.25) is 0 Å². The highest BCUT2D eigenvalue weighted by atomic mass is 16.5. The summed E-state index contributed by atoms with van der Waals surface area (Å²) >= 11 is 0. The number of hydrogen-bond donors (Lipinski definition) is 2. The lowest BCUT2D eigenvalue weighted by molar-refractivity contribution is 0.0231. The fraction of sp³-hybridized carbons (Fsp3) is 0.667. The molecule has 1 aromatic rings. The predicted molar refractivity (Wildman–Crippen MR) is 118 cm³/mol. The van der Waals surface area contributed by atoms with Gasteiger partial charge in [-0.25, -0.2) is 0 Å². The average Bonchev–Trinajstić information content (AvgIpc) is 2.66. The van der Waals surface area contributed by atoms with Gasteiger partial charge >= 0.3 is 0 Å². The Balaban J connectivity index is 0.000000568. The minimum Gasteiger partial charge on any atom is -0.491 e. The monoisotopic (exact) mass is 391 g/mol. The van der Waals surface area contributed by atoms with Crippen LogP contribution in [0, 0.1) is 0 Å². The first kappa shape index (κ1) is 24.7. The molecule has 0 saturated carbocycles. The second-order valence-corrected chi connectivity index (χ2v) is 7.44. The van der Waals surface area contributed by atoms with Gasteiger partial charge in [0.25, 0.3) is 0 Å². The van der Waals surface area contributed by atoms with E-state index in [4.69, 9.17) is 20.3 Å². The summed E-state index contributed by atoms with van der Waals surface area (Å²) < 4.78 is 11.6. The first-order chi connectivity index (χ1) is 13.7. The van der Waals surface area contributed by atoms with Gasteiger partial charge in [-0.15, -0.1) is 0 Å². The molecule has 0 radical (unpaired) electrons. The smallest absolute Gasteiger partial charge is 0.119 e. The second-order valence-electron chi connectivity index (χ2n) is 7.44. The molecule has 0 aliphatic heterocycles. The van der Waals surface area contributed by atoms with Crippen LogP contribution in [0.15, 0.2) is 36.4 Å². The Labute approximate surface area is 172 Å². The third-order valence-corrected chi connectivity index (χ3v) is 4.75. The molecule has 2 unspecified atom stereocenters. The number of benzene rings is 1. The molecule has 0 saturated heterocycles. The average molecular weight is 392 g/mol. The fourth-order valence-electron chi connectivity index (χ4n) is 3.13. The van der Waals surface area contributed by atoms with E-state index in [2.05, 4.69) is 26.0 Å². The van der Waals surface area contributed by atoms with Crippen molar-refractivity contribution in [1.82, 2.24) is 0 Å². The topological polar surface area (TPSA) is 64.7 Å². The lowest BCUT2D eigenvalue weighted by Gasteiger charge is -2.18. The summed E-state index contributed by atoms with van der Waals surface area (Å²) in [5.74, 6) is 0.819. The van der Waals surface area contributed by atoms with Crippen molar-refractivity contribution in [1.29, 1.82) is 0 Å². The molecule has 1 aromatic carbocycles. The maximum Gasteiger partial charge on any atom is 0.119 e. The molecule has 0 aromatic heterocycles. The van der Waals surface area contributed by atoms with Crippen LogP contribution in [0.5, 0.6) is 5.75 Å². The SMILES string of the molecule is CCCCCC.NC(O)Cc1ccc(OCCOC2CC/C=C/CCC2)cc1. The van der Waals surface area contributed by atoms with Crippen molar-refractivity contribution in [2.24, 2.45) is 5.73 Å². The summed E-state index contributed by atoms with van der Waals surface area (Å²) in [5.41, 5.74) is 6.36. The molecule has 0 fully saturated rings. The first-order valence-electron chi connectivity index (χ1n) is 11.1. The second kappa shape index (κ2) is 16.6. The van der Waals surface area contributed by atoms with Gasteiger partial charge in [-0.1, -0.05) is 63.8 Å². The van der Waals surface area contributed by atoms with Crippen molar-refractivity contribution >= 4 is 0 Å². The van der Waals surface area contributed by atoms with Gasteiger partial charge in [0.05, 0.1) is 12.7 Å². The lowest BCUT2D eigenvalue weighted by Crippen LogP contribution is -2.21. The van der Waals surface area contributed by atoms with Crippen molar-refractivity contribution in [2.45, 2.75) is 90.4 Å². The number of nitrogens with two attached hydrogens (primary N) is 1. The third-order valence-electron chi connectivity index (χ3n) is 4.75. The molecule has 4 nitrogen and oxygen atoms in total. The van der Waals surface area contributed by atoms with Crippen LogP contribution < -0.4 is 10.5 Å². The van der Waals surface area contributed by atoms with E-state index in [1.54, 1.807) is 0 Å². The molecule has 0 spiro atoms. The van der Waals surface area contributed by atoms with Gasteiger partial charge in [-0.3, -0.25) is 0 Å². The van der Waals surface area contributed by atoms with Crippen molar-refractivity contribution < 1.29 is 14.6 Å². The number of hydrogen-bond acceptors (Lipinski definition) is 4. The van der Waals surface area contributed by atoms with Crippen LogP contribution in [0.3, 0.4) is 0 Å². The Morgan fingerprint density at radius 2 is 1.68 bits per heavy atom. The minimum atomic E-state index is -0.807. The van der Waals surface area contributed by atoms with E-state index in [1.165, 1.54) is 38.5 Å². The Bertz CT molecular complexity index is 495. The molecular weight excluding hydrogens is 350 g/mol. The molecule has 160 valence electrons. The van der Waals surface area contributed by atoms with E-state index in [9.17, 15) is 0 Å². The van der Waals surface area contributed by atoms with E-state index in [-0.39, 0.29) is 0 Å². The maximum atomic E-state index is 9.14. The number of aliphatic hydroxyl groups is 1. The van der Waals surface area contributed by atoms with Crippen LogP contribution >= 0.6 is 0 Å². The Morgan fingerprint density at radius 3 is 2.32 bits per heavy atom. The normalized spacial score (nSPS) is 18.9. The molecule has 1 aliphatic carbocycles. The van der Waals surface area contributed by atoms with Gasteiger partial charge in [0.1, 0.15) is 18.6 Å². The number of rotatable bonds is 10. The fourth-order valence-corrected chi connectivity index (χ4v) is 3.13. The van der Waals surface area contributed by atoms with E-state index < -0.39 is 6.23 Å². The van der Waals surface area contributed by atoms with Crippen LogP contribution in [0.4, 0.5) is 0 Å². The summed E-state index contributed by atoms with van der Waals surface area (Å²) in [5, 5.41) is 9.14. The Hall–Kier alpha value is -1.36. The van der Waals surface area contributed by atoms with Crippen LogP contribution in [0.25, 0.3) is 0 Å². The molecular formula is C24H41NO3. The molecule has 3 N–H and O–H groups in total. The Kier molecular flexibility index (Phi) is 14.6. The van der Waals surface area contributed by atoms with E-state index in [1.807, 2.05) is 24.3 Å². The molecule has 0 heterocycles. The summed E-state index contributed by atoms with van der Waals surface area (Å²) in [4.78, 5) is 0. The zero-order valence-electron chi connectivity index (χ0n) is 17.9. The lowest BCUT2D eigenvalue weighted by atomic mass is 10.0. The van der Waals surface area contributed by atoms with Gasteiger partial charge in [0, 0.05) is 6.42 Å². The first-order valence-corrected chi connectivity index (χ1v) is 11.1. The van der Waals surface area contributed by atoms with E-state index >= 15 is 0 Å². The summed E-state index contributed by atoms with van der Waals surface area (Å²) in [6, 6.07) is 7.65. The molecule has 2 atom stereocenters. The summed E-state index contributed by atoms with van der Waals surface area (Å²) in [6.07, 6.45) is 15.8. The number of ether oxygens (including phenoxy) is 2. The number of unbranched alkanes of at least 4 members (excludes halogenated alkanes) is 3. The molecule has 0 amide bonds. The highest BCUT2D eigenvalue weighted by Gasteiger charge is 2.09. The van der Waals surface area contributed by atoms with Gasteiger partial charge in [-0.2, -0.15) is 0 Å². The van der Waals surface area contributed by atoms with Crippen LogP contribution in [0.1, 0.15) is 77.2 Å². The molecule has 1 aliphatic rings. The highest BCUT2D eigenvalue weighted by Crippen LogP contribution is 2.16. The van der Waals surface area contributed by atoms with E-state index in [0.717, 1.165) is 30.6 Å². The predicted octanol–water partition coefficient (Wildman–Crippen LogP) is 5.38. The highest BCUT2D eigenvalue weighted by molar-refractivity contribution is 5.27. The zero-order chi connectivity index (χ0) is 20.5. The number of aliphatic hydroxyl groups excluding tert-OH is 1. The van der Waals surface area contributed by atoms with Crippen LogP contribution in [-0.2, 0) is 11.2 Å². The maximum absolute atomic E-state index is 9.14. The van der Waals surface area contributed by atoms with Crippen molar-refractivity contribution in [3.8, 4) is 5.75 Å². The quantitative estimate of drug-likeness (QED) is 0.319. The molecule has 2 rings (SSSR count). The van der Waals surface area contributed by atoms with Crippen LogP contribution in [0.2, 0.25) is 0 Å². The van der Waals surface area contributed by atoms with Crippen molar-refractivity contribution in [3.63, 3.8) is 0 Å². The van der Waals surface area contributed by atoms with Gasteiger partial charge < -0.3 is 20.3 Å². The van der Waals surface area contributed by atoms with Crippen molar-refractivity contribution in [3.05, 3.63) is 42.0 Å². The van der Waals surface area contributed by atoms with Gasteiger partial charge in [0.15, 0.2) is 0 Å². The largest absolute Gasteiger partial charge is 0.491 e. The minimum absolute atomic E-state index is 0.363. The molecule has 0 bridgehead atoms. The van der Waals surface area contributed by atoms with Crippen molar-refractivity contribution in [2.75, 3.05) is 13.2 Å². The van der Waals surface area contributed by atoms with Crippen LogP contribution in [-0.4, -0.2) is 30.7 Å². The summed E-state index contributed by atoms with van der Waals surface area (Å²) in [7, 11) is 0. The van der Waals surface area contributed by atoms with E-state index in [0.29, 0.717) is 25.7 Å². The number of allylic oxidation sites excluding steroid dienone is 2.